The molecule has 5 heteroatoms. The summed E-state index contributed by atoms with van der Waals surface area (Å²) in [6.45, 7) is 2.00. The van der Waals surface area contributed by atoms with Crippen LogP contribution in [0.25, 0.3) is 0 Å². The first-order valence-corrected chi connectivity index (χ1v) is 7.89. The Kier molecular flexibility index (Phi) is 6.11. The molecule has 0 spiro atoms. The third-order valence-corrected chi connectivity index (χ3v) is 3.48. The van der Waals surface area contributed by atoms with Crippen molar-refractivity contribution in [2.75, 3.05) is 5.75 Å². The molecule has 2 rings (SSSR count). The Morgan fingerprint density at radius 1 is 1.13 bits per heavy atom. The molecule has 0 saturated carbocycles. The summed E-state index contributed by atoms with van der Waals surface area (Å²) < 4.78 is 0. The van der Waals surface area contributed by atoms with Crippen molar-refractivity contribution in [3.8, 4) is 0 Å². The van der Waals surface area contributed by atoms with Gasteiger partial charge in [0.2, 0.25) is 5.91 Å². The molecule has 0 heterocycles. The minimum atomic E-state index is -0.236. The van der Waals surface area contributed by atoms with Gasteiger partial charge in [-0.15, -0.1) is 0 Å². The third kappa shape index (κ3) is 5.38. The van der Waals surface area contributed by atoms with Crippen molar-refractivity contribution in [1.82, 2.24) is 5.32 Å². The first-order chi connectivity index (χ1) is 11.1. The van der Waals surface area contributed by atoms with Crippen molar-refractivity contribution in [1.29, 1.82) is 5.41 Å². The molecule has 0 fully saturated rings. The average Bonchev–Trinajstić information content (AvgIpc) is 2.57. The number of carbonyl (C=O) groups is 1. The van der Waals surface area contributed by atoms with Gasteiger partial charge in [0.05, 0.1) is 11.4 Å². The van der Waals surface area contributed by atoms with Gasteiger partial charge in [-0.1, -0.05) is 48.0 Å². The molecule has 0 radical (unpaired) electrons. The highest BCUT2D eigenvalue weighted by molar-refractivity contribution is 7.81. The van der Waals surface area contributed by atoms with Gasteiger partial charge in [0, 0.05) is 12.1 Å². The number of nitrogens with one attached hydrogen (secondary N) is 2. The van der Waals surface area contributed by atoms with Crippen LogP contribution in [0.5, 0.6) is 0 Å². The zero-order valence-electron chi connectivity index (χ0n) is 12.9. The van der Waals surface area contributed by atoms with E-state index in [9.17, 15) is 4.79 Å². The van der Waals surface area contributed by atoms with Crippen molar-refractivity contribution in [2.24, 2.45) is 4.99 Å². The topological polar surface area (TPSA) is 65.3 Å². The van der Waals surface area contributed by atoms with Crippen LogP contribution in [0.3, 0.4) is 0 Å². The predicted molar refractivity (Wildman–Crippen MR) is 98.2 cm³/mol. The van der Waals surface area contributed by atoms with Crippen molar-refractivity contribution in [3.63, 3.8) is 0 Å². The highest BCUT2D eigenvalue weighted by Crippen LogP contribution is 2.14. The maximum atomic E-state index is 11.6. The number of hydrogen-bond donors (Lipinski definition) is 3. The van der Waals surface area contributed by atoms with E-state index in [1.807, 2.05) is 61.5 Å². The summed E-state index contributed by atoms with van der Waals surface area (Å²) in [6.07, 6.45) is 0.247. The van der Waals surface area contributed by atoms with Crippen LogP contribution in [-0.4, -0.2) is 23.2 Å². The van der Waals surface area contributed by atoms with Gasteiger partial charge in [0.15, 0.2) is 0 Å². The smallest absolute Gasteiger partial charge is 0.235 e. The maximum Gasteiger partial charge on any atom is 0.235 e. The second-order valence-corrected chi connectivity index (χ2v) is 5.44. The molecule has 23 heavy (non-hydrogen) atoms. The van der Waals surface area contributed by atoms with E-state index in [1.54, 1.807) is 0 Å². The number of carbonyl (C=O) groups excluding carboxylic acids is 1. The van der Waals surface area contributed by atoms with Gasteiger partial charge in [-0.25, -0.2) is 4.99 Å². The van der Waals surface area contributed by atoms with Gasteiger partial charge in [-0.2, -0.15) is 12.6 Å². The summed E-state index contributed by atoms with van der Waals surface area (Å²) in [5.41, 5.74) is 3.09. The molecule has 0 saturated heterocycles. The normalized spacial score (nSPS) is 11.1. The fourth-order valence-corrected chi connectivity index (χ4v) is 2.08. The highest BCUT2D eigenvalue weighted by atomic mass is 32.1. The van der Waals surface area contributed by atoms with Crippen LogP contribution in [-0.2, 0) is 4.79 Å². The number of hydrogen-bond acceptors (Lipinski definition) is 4. The van der Waals surface area contributed by atoms with Crippen LogP contribution in [0.4, 0.5) is 5.69 Å². The van der Waals surface area contributed by atoms with Crippen LogP contribution in [0.15, 0.2) is 59.6 Å². The summed E-state index contributed by atoms with van der Waals surface area (Å²) in [5, 5.41) is 10.9. The molecule has 2 aromatic rings. The molecule has 118 valence electrons. The summed E-state index contributed by atoms with van der Waals surface area (Å²) >= 11 is 3.97. The van der Waals surface area contributed by atoms with Gasteiger partial charge in [-0.05, 0) is 24.6 Å². The van der Waals surface area contributed by atoms with E-state index in [1.165, 1.54) is 0 Å². The molecule has 2 aromatic carbocycles. The fourth-order valence-electron chi connectivity index (χ4n) is 2.00. The first-order valence-electron chi connectivity index (χ1n) is 7.26. The molecule has 0 aliphatic heterocycles. The van der Waals surface area contributed by atoms with Gasteiger partial charge in [0.25, 0.3) is 0 Å². The lowest BCUT2D eigenvalue weighted by atomic mass is 10.1. The first kappa shape index (κ1) is 17.0. The van der Waals surface area contributed by atoms with Crippen molar-refractivity contribution >= 4 is 35.8 Å². The van der Waals surface area contributed by atoms with E-state index in [-0.39, 0.29) is 18.1 Å². The maximum absolute atomic E-state index is 11.6. The summed E-state index contributed by atoms with van der Waals surface area (Å²) in [4.78, 5) is 16.1. The minimum Gasteiger partial charge on any atom is -0.313 e. The molecule has 0 bridgehead atoms. The second-order valence-electron chi connectivity index (χ2n) is 5.12. The molecule has 1 amide bonds. The zero-order chi connectivity index (χ0) is 16.7. The van der Waals surface area contributed by atoms with E-state index >= 15 is 0 Å². The van der Waals surface area contributed by atoms with E-state index < -0.39 is 0 Å². The third-order valence-electron chi connectivity index (χ3n) is 3.19. The summed E-state index contributed by atoms with van der Waals surface area (Å²) in [7, 11) is 0. The molecule has 2 N–H and O–H groups in total. The largest absolute Gasteiger partial charge is 0.313 e. The number of nitrogens with zero attached hydrogens (tertiary/aromatic N) is 1. The number of aryl methyl sites for hydroxylation is 1. The lowest BCUT2D eigenvalue weighted by Gasteiger charge is -2.10. The zero-order valence-corrected chi connectivity index (χ0v) is 13.8. The molecular formula is C18H19N3OS. The van der Waals surface area contributed by atoms with Crippen LogP contribution in [0.1, 0.15) is 17.5 Å². The van der Waals surface area contributed by atoms with Gasteiger partial charge >= 0.3 is 0 Å². The molecule has 0 unspecified atom stereocenters. The summed E-state index contributed by atoms with van der Waals surface area (Å²) in [5.74, 6) is 0.285. The number of benzene rings is 2. The molecule has 0 aromatic heterocycles. The number of amides is 1. The Balaban J connectivity index is 2.21. The van der Waals surface area contributed by atoms with Crippen LogP contribution in [0, 0.1) is 12.3 Å². The highest BCUT2D eigenvalue weighted by Gasteiger charge is 2.10. The average molecular weight is 325 g/mol. The van der Waals surface area contributed by atoms with Crippen molar-refractivity contribution < 1.29 is 4.79 Å². The number of thiol groups is 1. The number of amidine groups is 1. The Bertz CT molecular complexity index is 709. The molecule has 4 nitrogen and oxygen atoms in total. The lowest BCUT2D eigenvalue weighted by Crippen LogP contribution is -2.33. The monoisotopic (exact) mass is 325 g/mol. The van der Waals surface area contributed by atoms with Crippen molar-refractivity contribution in [3.05, 3.63) is 65.7 Å². The Hall–Kier alpha value is -2.40. The van der Waals surface area contributed by atoms with E-state index in [0.717, 1.165) is 16.8 Å². The Morgan fingerprint density at radius 3 is 2.39 bits per heavy atom. The van der Waals surface area contributed by atoms with Crippen molar-refractivity contribution in [2.45, 2.75) is 13.3 Å². The Morgan fingerprint density at radius 2 is 1.78 bits per heavy atom. The predicted octanol–water partition coefficient (Wildman–Crippen LogP) is 3.53. The molecular weight excluding hydrogens is 306 g/mol. The Labute approximate surface area is 141 Å². The molecule has 0 aliphatic rings. The molecule has 0 atom stereocenters. The van der Waals surface area contributed by atoms with E-state index in [4.69, 9.17) is 5.41 Å². The van der Waals surface area contributed by atoms with Crippen LogP contribution in [0.2, 0.25) is 0 Å². The van der Waals surface area contributed by atoms with Gasteiger partial charge < -0.3 is 10.7 Å². The minimum absolute atomic E-state index is 0.0750. The van der Waals surface area contributed by atoms with Crippen LogP contribution >= 0.6 is 12.6 Å². The second kappa shape index (κ2) is 8.29. The lowest BCUT2D eigenvalue weighted by molar-refractivity contribution is -0.117. The SMILES string of the molecule is Cc1ccc(N=C(CC(=N)c2ccccc2)NC(=O)CS)cc1. The fraction of sp³-hybridized carbons (Fsp3) is 0.167. The number of aliphatic imine (C=N–C) groups is 1. The standard InChI is InChI=1S/C18H19N3OS/c1-13-7-9-15(10-8-13)20-17(21-18(22)12-23)11-16(19)14-5-3-2-4-6-14/h2-10,19,23H,11-12H2,1H3,(H,20,21,22). The van der Waals surface area contributed by atoms with Gasteiger partial charge in [-0.3, -0.25) is 4.79 Å². The van der Waals surface area contributed by atoms with E-state index in [2.05, 4.69) is 22.9 Å². The van der Waals surface area contributed by atoms with Crippen LogP contribution < -0.4 is 5.32 Å². The number of rotatable bonds is 5. The quantitative estimate of drug-likeness (QED) is 0.439. The van der Waals surface area contributed by atoms with E-state index in [0.29, 0.717) is 11.5 Å². The van der Waals surface area contributed by atoms with Gasteiger partial charge in [0.1, 0.15) is 5.84 Å². The summed E-state index contributed by atoms with van der Waals surface area (Å²) in [6, 6.07) is 17.1. The molecule has 0 aliphatic carbocycles.